The van der Waals surface area contributed by atoms with Crippen LogP contribution in [0.2, 0.25) is 0 Å². The lowest BCUT2D eigenvalue weighted by Crippen LogP contribution is -2.58. The number of carbonyl (C=O) groups is 2. The van der Waals surface area contributed by atoms with E-state index < -0.39 is 11.9 Å². The molecule has 1 unspecified atom stereocenters. The van der Waals surface area contributed by atoms with Gasteiger partial charge < -0.3 is 16.8 Å². The maximum atomic E-state index is 12.0. The molecule has 0 radical (unpaired) electrons. The number of nitrogens with two attached hydrogens (primary N) is 2. The summed E-state index contributed by atoms with van der Waals surface area (Å²) in [6, 6.07) is -0.520. The Balaban J connectivity index is 1.61. The molecule has 5 N–H and O–H groups in total. The first-order valence-corrected chi connectivity index (χ1v) is 7.37. The van der Waals surface area contributed by atoms with E-state index in [2.05, 4.69) is 5.32 Å². The highest BCUT2D eigenvalue weighted by Crippen LogP contribution is 2.53. The Morgan fingerprint density at radius 3 is 2.05 bits per heavy atom. The maximum absolute atomic E-state index is 12.0. The van der Waals surface area contributed by atoms with Crippen molar-refractivity contribution < 1.29 is 9.59 Å². The fourth-order valence-corrected chi connectivity index (χ4v) is 4.74. The average Bonchev–Trinajstić information content (AvgIpc) is 2.31. The van der Waals surface area contributed by atoms with E-state index in [9.17, 15) is 9.59 Å². The lowest BCUT2D eigenvalue weighted by molar-refractivity contribution is -0.129. The van der Waals surface area contributed by atoms with Crippen molar-refractivity contribution in [2.45, 2.75) is 50.6 Å². The summed E-state index contributed by atoms with van der Waals surface area (Å²) in [5, 5.41) is 3.10. The molecule has 0 aromatic heterocycles. The Bertz CT molecular complexity index is 368. The van der Waals surface area contributed by atoms with Gasteiger partial charge in [0.05, 0.1) is 12.5 Å². The molecule has 1 atom stereocenters. The molecule has 0 saturated heterocycles. The van der Waals surface area contributed by atoms with Crippen molar-refractivity contribution >= 4 is 11.8 Å². The monoisotopic (exact) mass is 265 g/mol. The smallest absolute Gasteiger partial charge is 0.237 e. The van der Waals surface area contributed by atoms with Gasteiger partial charge in [-0.25, -0.2) is 0 Å². The van der Waals surface area contributed by atoms with Crippen LogP contribution in [0.4, 0.5) is 0 Å². The Hall–Kier alpha value is -1.10. The quantitative estimate of drug-likeness (QED) is 0.674. The lowest BCUT2D eigenvalue weighted by atomic mass is 9.54. The minimum Gasteiger partial charge on any atom is -0.370 e. The van der Waals surface area contributed by atoms with Gasteiger partial charge in [0.15, 0.2) is 0 Å². The minimum absolute atomic E-state index is 0.0703. The van der Waals surface area contributed by atoms with Crippen LogP contribution in [0, 0.1) is 23.7 Å². The van der Waals surface area contributed by atoms with Gasteiger partial charge in [-0.2, -0.15) is 0 Å². The van der Waals surface area contributed by atoms with Gasteiger partial charge in [-0.3, -0.25) is 9.59 Å². The van der Waals surface area contributed by atoms with Crippen molar-refractivity contribution in [1.29, 1.82) is 0 Å². The fourth-order valence-electron chi connectivity index (χ4n) is 4.74. The first-order chi connectivity index (χ1) is 9.02. The summed E-state index contributed by atoms with van der Waals surface area (Å²) in [7, 11) is 0. The molecule has 2 amide bonds. The molecule has 106 valence electrons. The van der Waals surface area contributed by atoms with Crippen LogP contribution in [-0.4, -0.2) is 23.9 Å². The summed E-state index contributed by atoms with van der Waals surface area (Å²) < 4.78 is 0. The summed E-state index contributed by atoms with van der Waals surface area (Å²) in [5.41, 5.74) is 10.8. The zero-order valence-corrected chi connectivity index (χ0v) is 11.2. The number of primary amides is 1. The van der Waals surface area contributed by atoms with E-state index in [-0.39, 0.29) is 18.4 Å². The standard InChI is InChI=1S/C14H23N3O2/c15-11(6-12(16)18)14(19)17-13-9-2-7-1-8(4-9)5-10(13)3-7/h7-11,13H,1-6,15H2,(H2,16,18)(H,17,19). The van der Waals surface area contributed by atoms with E-state index in [0.717, 1.165) is 11.8 Å². The molecular weight excluding hydrogens is 242 g/mol. The second-order valence-electron chi connectivity index (χ2n) is 6.74. The van der Waals surface area contributed by atoms with Gasteiger partial charge in [-0.15, -0.1) is 0 Å². The molecule has 0 heterocycles. The number of rotatable bonds is 4. The number of carbonyl (C=O) groups excluding carboxylic acids is 2. The molecule has 4 rings (SSSR count). The van der Waals surface area contributed by atoms with Gasteiger partial charge in [0.1, 0.15) is 0 Å². The van der Waals surface area contributed by atoms with Crippen molar-refractivity contribution in [2.75, 3.05) is 0 Å². The van der Waals surface area contributed by atoms with Crippen LogP contribution in [0.5, 0.6) is 0 Å². The number of amides is 2. The summed E-state index contributed by atoms with van der Waals surface area (Å²) in [6.45, 7) is 0. The fraction of sp³-hybridized carbons (Fsp3) is 0.857. The van der Waals surface area contributed by atoms with E-state index in [1.165, 1.54) is 32.1 Å². The topological polar surface area (TPSA) is 98.2 Å². The highest BCUT2D eigenvalue weighted by molar-refractivity contribution is 5.87. The molecule has 19 heavy (non-hydrogen) atoms. The Morgan fingerprint density at radius 1 is 1.05 bits per heavy atom. The predicted octanol–water partition coefficient (Wildman–Crippen LogP) is 0.130. The molecule has 4 aliphatic rings. The third-order valence-corrected chi connectivity index (χ3v) is 5.29. The average molecular weight is 265 g/mol. The SMILES string of the molecule is NC(=O)CC(N)C(=O)NC1C2CC3CC(C2)CC1C3. The largest absolute Gasteiger partial charge is 0.370 e. The van der Waals surface area contributed by atoms with Crippen LogP contribution in [-0.2, 0) is 9.59 Å². The molecule has 5 heteroatoms. The van der Waals surface area contributed by atoms with Crippen LogP contribution >= 0.6 is 0 Å². The van der Waals surface area contributed by atoms with Crippen LogP contribution in [0.1, 0.15) is 38.5 Å². The molecule has 0 spiro atoms. The Morgan fingerprint density at radius 2 is 1.58 bits per heavy atom. The summed E-state index contributed by atoms with van der Waals surface area (Å²) in [6.07, 6.45) is 6.34. The van der Waals surface area contributed by atoms with E-state index in [1.54, 1.807) is 0 Å². The van der Waals surface area contributed by atoms with E-state index in [1.807, 2.05) is 0 Å². The Kier molecular flexibility index (Phi) is 3.25. The molecule has 5 nitrogen and oxygen atoms in total. The Labute approximate surface area is 113 Å². The number of nitrogens with one attached hydrogen (secondary N) is 1. The van der Waals surface area contributed by atoms with Gasteiger partial charge in [0, 0.05) is 6.04 Å². The molecular formula is C14H23N3O2. The molecule has 4 fully saturated rings. The van der Waals surface area contributed by atoms with Gasteiger partial charge >= 0.3 is 0 Å². The van der Waals surface area contributed by atoms with Crippen LogP contribution in [0.3, 0.4) is 0 Å². The first-order valence-electron chi connectivity index (χ1n) is 7.37. The molecule has 4 saturated carbocycles. The van der Waals surface area contributed by atoms with Gasteiger partial charge in [-0.05, 0) is 55.8 Å². The zero-order valence-electron chi connectivity index (χ0n) is 11.2. The van der Waals surface area contributed by atoms with Crippen molar-refractivity contribution in [3.63, 3.8) is 0 Å². The number of hydrogen-bond acceptors (Lipinski definition) is 3. The lowest BCUT2D eigenvalue weighted by Gasteiger charge is -2.54. The van der Waals surface area contributed by atoms with Crippen LogP contribution in [0.25, 0.3) is 0 Å². The molecule has 4 bridgehead atoms. The summed E-state index contributed by atoms with van der Waals surface area (Å²) in [4.78, 5) is 22.8. The minimum atomic E-state index is -0.797. The van der Waals surface area contributed by atoms with Crippen molar-refractivity contribution in [1.82, 2.24) is 5.32 Å². The molecule has 0 aromatic carbocycles. The normalized spacial score (nSPS) is 41.0. The molecule has 0 aliphatic heterocycles. The van der Waals surface area contributed by atoms with Crippen LogP contribution < -0.4 is 16.8 Å². The van der Waals surface area contributed by atoms with E-state index >= 15 is 0 Å². The highest BCUT2D eigenvalue weighted by atomic mass is 16.2. The summed E-state index contributed by atoms with van der Waals surface area (Å²) in [5.74, 6) is 2.29. The van der Waals surface area contributed by atoms with E-state index in [0.29, 0.717) is 11.8 Å². The predicted molar refractivity (Wildman–Crippen MR) is 70.8 cm³/mol. The second kappa shape index (κ2) is 4.78. The molecule has 4 aliphatic carbocycles. The maximum Gasteiger partial charge on any atom is 0.237 e. The van der Waals surface area contributed by atoms with Gasteiger partial charge in [0.2, 0.25) is 11.8 Å². The zero-order chi connectivity index (χ0) is 13.6. The highest BCUT2D eigenvalue weighted by Gasteiger charge is 2.48. The van der Waals surface area contributed by atoms with Crippen LogP contribution in [0.15, 0.2) is 0 Å². The van der Waals surface area contributed by atoms with Gasteiger partial charge in [0.25, 0.3) is 0 Å². The third kappa shape index (κ3) is 2.48. The van der Waals surface area contributed by atoms with Crippen molar-refractivity contribution in [3.8, 4) is 0 Å². The summed E-state index contributed by atoms with van der Waals surface area (Å²) >= 11 is 0. The van der Waals surface area contributed by atoms with Gasteiger partial charge in [-0.1, -0.05) is 0 Å². The van der Waals surface area contributed by atoms with Crippen molar-refractivity contribution in [3.05, 3.63) is 0 Å². The third-order valence-electron chi connectivity index (χ3n) is 5.29. The first kappa shape index (κ1) is 12.9. The van der Waals surface area contributed by atoms with E-state index in [4.69, 9.17) is 11.5 Å². The number of hydrogen-bond donors (Lipinski definition) is 3. The molecule has 0 aromatic rings. The second-order valence-corrected chi connectivity index (χ2v) is 6.74. The van der Waals surface area contributed by atoms with Crippen molar-refractivity contribution in [2.24, 2.45) is 35.1 Å².